The van der Waals surface area contributed by atoms with Gasteiger partial charge in [-0.15, -0.1) is 0 Å². The number of nitrogens with zero attached hydrogens (tertiary/aromatic N) is 1. The molecule has 0 radical (unpaired) electrons. The molecule has 10 nitrogen and oxygen atoms in total. The predicted molar refractivity (Wildman–Crippen MR) is 127 cm³/mol. The van der Waals surface area contributed by atoms with Crippen LogP contribution in [0.2, 0.25) is 0 Å². The lowest BCUT2D eigenvalue weighted by molar-refractivity contribution is -0.125. The second-order valence-electron chi connectivity index (χ2n) is 7.20. The van der Waals surface area contributed by atoms with Crippen molar-refractivity contribution in [3.8, 4) is 0 Å². The molecule has 11 heteroatoms. The summed E-state index contributed by atoms with van der Waals surface area (Å²) in [5, 5.41) is 13.5. The number of benzene rings is 2. The number of amides is 3. The van der Waals surface area contributed by atoms with Crippen molar-refractivity contribution in [2.24, 2.45) is 0 Å². The molecule has 0 saturated heterocycles. The van der Waals surface area contributed by atoms with Gasteiger partial charge in [-0.05, 0) is 36.8 Å². The molecule has 0 aromatic heterocycles. The number of nitrogens with one attached hydrogen (secondary N) is 3. The zero-order valence-corrected chi connectivity index (χ0v) is 20.1. The summed E-state index contributed by atoms with van der Waals surface area (Å²) in [5.74, 6) is -1.66. The van der Waals surface area contributed by atoms with E-state index in [1.54, 1.807) is 18.2 Å². The average molecular weight is 489 g/mol. The van der Waals surface area contributed by atoms with Crippen LogP contribution in [0, 0.1) is 5.41 Å². The minimum atomic E-state index is -3.91. The Labute approximate surface area is 198 Å². The second kappa shape index (κ2) is 11.9. The lowest BCUT2D eigenvalue weighted by Gasteiger charge is -2.22. The van der Waals surface area contributed by atoms with Crippen molar-refractivity contribution >= 4 is 45.1 Å². The average Bonchev–Trinajstić information content (AvgIpc) is 2.83. The molecule has 0 heterocycles. The Bertz CT molecular complexity index is 1150. The maximum atomic E-state index is 13.1. The van der Waals surface area contributed by atoms with E-state index < -0.39 is 27.8 Å². The van der Waals surface area contributed by atoms with Crippen LogP contribution in [0.15, 0.2) is 58.3 Å². The van der Waals surface area contributed by atoms with Crippen LogP contribution in [0.4, 0.5) is 16.2 Å². The Morgan fingerprint density at radius 1 is 0.971 bits per heavy atom. The van der Waals surface area contributed by atoms with Crippen LogP contribution in [0.1, 0.15) is 39.5 Å². The van der Waals surface area contributed by atoms with Gasteiger partial charge in [-0.25, -0.2) is 13.2 Å². The molecule has 0 spiro atoms. The van der Waals surface area contributed by atoms with Crippen LogP contribution >= 0.6 is 0 Å². The summed E-state index contributed by atoms with van der Waals surface area (Å²) in [7, 11) is -2.85. The molecular formula is C23H28N4O6S. The van der Waals surface area contributed by atoms with Crippen molar-refractivity contribution < 1.29 is 27.5 Å². The fraction of sp³-hybridized carbons (Fsp3) is 0.304. The fourth-order valence-corrected chi connectivity index (χ4v) is 4.25. The summed E-state index contributed by atoms with van der Waals surface area (Å²) < 4.78 is 30.8. The Kier molecular flexibility index (Phi) is 9.31. The number of imide groups is 1. The number of guanidine groups is 1. The Morgan fingerprint density at radius 3 is 2.24 bits per heavy atom. The number of carbonyl (C=O) groups excluding carboxylic acids is 3. The Balaban J connectivity index is 2.51. The third-order valence-electron chi connectivity index (χ3n) is 4.77. The highest BCUT2D eigenvalue weighted by atomic mass is 32.2. The molecule has 2 aromatic rings. The quantitative estimate of drug-likeness (QED) is 0.376. The van der Waals surface area contributed by atoms with Crippen molar-refractivity contribution in [3.63, 3.8) is 0 Å². The van der Waals surface area contributed by atoms with Gasteiger partial charge in [-0.2, -0.15) is 4.90 Å². The smallest absolute Gasteiger partial charge is 0.423 e. The number of methoxy groups -OCH3 is 1. The van der Waals surface area contributed by atoms with Gasteiger partial charge in [0.2, 0.25) is 27.6 Å². The molecule has 3 amide bonds. The molecule has 0 aliphatic heterocycles. The molecule has 0 fully saturated rings. The van der Waals surface area contributed by atoms with Crippen molar-refractivity contribution in [2.45, 2.75) is 49.3 Å². The number of hydrogen-bond acceptors (Lipinski definition) is 7. The molecule has 2 aromatic carbocycles. The standard InChI is InChI=1S/C23H28N4O6S/c1-4-6-12-20(28)25-18-14-13-17(34(31,32)16-10-8-7-9-11-16)15-19(18)26-22(24)27(21(29)5-2)23(30)33-3/h7-11,13-15H,4-6,12H2,1-3H3,(H2,24,26)(H,25,28). The molecule has 0 aliphatic rings. The first-order valence-corrected chi connectivity index (χ1v) is 12.1. The monoisotopic (exact) mass is 488 g/mol. The molecule has 34 heavy (non-hydrogen) atoms. The van der Waals surface area contributed by atoms with Crippen molar-refractivity contribution in [2.75, 3.05) is 17.7 Å². The summed E-state index contributed by atoms with van der Waals surface area (Å²) in [6, 6.07) is 11.7. The van der Waals surface area contributed by atoms with Crippen molar-refractivity contribution in [1.82, 2.24) is 4.90 Å². The first-order valence-electron chi connectivity index (χ1n) is 10.7. The molecular weight excluding hydrogens is 460 g/mol. The van der Waals surface area contributed by atoms with Gasteiger partial charge < -0.3 is 15.4 Å². The van der Waals surface area contributed by atoms with Gasteiger partial charge in [0.15, 0.2) is 0 Å². The SMILES string of the molecule is CCCCC(=O)Nc1ccc(S(=O)(=O)c2ccccc2)cc1NC(=N)N(C(=O)CC)C(=O)OC. The fourth-order valence-electron chi connectivity index (χ4n) is 2.94. The first-order chi connectivity index (χ1) is 16.1. The summed E-state index contributed by atoms with van der Waals surface area (Å²) in [6.45, 7) is 3.45. The number of ether oxygens (including phenoxy) is 1. The molecule has 0 atom stereocenters. The summed E-state index contributed by atoms with van der Waals surface area (Å²) in [5.41, 5.74) is 0.205. The Morgan fingerprint density at radius 2 is 1.65 bits per heavy atom. The highest BCUT2D eigenvalue weighted by molar-refractivity contribution is 7.91. The number of carbonyl (C=O) groups is 3. The topological polar surface area (TPSA) is 146 Å². The lowest BCUT2D eigenvalue weighted by Crippen LogP contribution is -2.44. The van der Waals surface area contributed by atoms with Gasteiger partial charge in [-0.1, -0.05) is 38.5 Å². The van der Waals surface area contributed by atoms with Gasteiger partial charge in [0.1, 0.15) is 0 Å². The van der Waals surface area contributed by atoms with E-state index in [0.29, 0.717) is 11.3 Å². The van der Waals surface area contributed by atoms with Crippen LogP contribution in [-0.4, -0.2) is 44.3 Å². The predicted octanol–water partition coefficient (Wildman–Crippen LogP) is 4.00. The van der Waals surface area contributed by atoms with Gasteiger partial charge in [0.05, 0.1) is 28.3 Å². The summed E-state index contributed by atoms with van der Waals surface area (Å²) in [6.07, 6.45) is 0.560. The van der Waals surface area contributed by atoms with E-state index in [1.807, 2.05) is 6.92 Å². The molecule has 182 valence electrons. The number of sulfone groups is 1. The maximum Gasteiger partial charge on any atom is 0.423 e. The zero-order valence-electron chi connectivity index (χ0n) is 19.3. The lowest BCUT2D eigenvalue weighted by atomic mass is 10.2. The molecule has 0 bridgehead atoms. The summed E-state index contributed by atoms with van der Waals surface area (Å²) in [4.78, 5) is 37.0. The van der Waals surface area contributed by atoms with Crippen LogP contribution in [-0.2, 0) is 24.2 Å². The van der Waals surface area contributed by atoms with Crippen LogP contribution in [0.3, 0.4) is 0 Å². The van der Waals surface area contributed by atoms with Gasteiger partial charge in [0.25, 0.3) is 0 Å². The second-order valence-corrected chi connectivity index (χ2v) is 9.15. The number of rotatable bonds is 8. The highest BCUT2D eigenvalue weighted by Crippen LogP contribution is 2.29. The minimum absolute atomic E-state index is 0.0182. The van der Waals surface area contributed by atoms with Crippen molar-refractivity contribution in [3.05, 3.63) is 48.5 Å². The first kappa shape index (κ1) is 26.5. The molecule has 2 rings (SSSR count). The highest BCUT2D eigenvalue weighted by Gasteiger charge is 2.27. The van der Waals surface area contributed by atoms with E-state index in [9.17, 15) is 22.8 Å². The van der Waals surface area contributed by atoms with Crippen LogP contribution in [0.25, 0.3) is 0 Å². The van der Waals surface area contributed by atoms with Crippen molar-refractivity contribution in [1.29, 1.82) is 5.41 Å². The largest absolute Gasteiger partial charge is 0.452 e. The third-order valence-corrected chi connectivity index (χ3v) is 6.54. The van der Waals surface area contributed by atoms with E-state index in [0.717, 1.165) is 13.5 Å². The van der Waals surface area contributed by atoms with E-state index in [-0.39, 0.29) is 39.9 Å². The third kappa shape index (κ3) is 6.41. The zero-order chi connectivity index (χ0) is 25.3. The number of unbranched alkanes of at least 4 members (excludes halogenated alkanes) is 1. The van der Waals surface area contributed by atoms with Gasteiger partial charge in [0, 0.05) is 12.8 Å². The molecule has 0 unspecified atom stereocenters. The van der Waals surface area contributed by atoms with E-state index in [2.05, 4.69) is 15.4 Å². The van der Waals surface area contributed by atoms with E-state index >= 15 is 0 Å². The molecule has 3 N–H and O–H groups in total. The van der Waals surface area contributed by atoms with E-state index in [4.69, 9.17) is 5.41 Å². The Hall–Kier alpha value is -3.73. The number of anilines is 2. The van der Waals surface area contributed by atoms with Crippen LogP contribution in [0.5, 0.6) is 0 Å². The molecule has 0 aliphatic carbocycles. The van der Waals surface area contributed by atoms with E-state index in [1.165, 1.54) is 37.3 Å². The van der Waals surface area contributed by atoms with Gasteiger partial charge >= 0.3 is 6.09 Å². The molecule has 0 saturated carbocycles. The normalized spacial score (nSPS) is 10.8. The minimum Gasteiger partial charge on any atom is -0.452 e. The summed E-state index contributed by atoms with van der Waals surface area (Å²) >= 11 is 0. The number of hydrogen-bond donors (Lipinski definition) is 3. The maximum absolute atomic E-state index is 13.1. The van der Waals surface area contributed by atoms with Crippen LogP contribution < -0.4 is 10.6 Å². The van der Waals surface area contributed by atoms with Gasteiger partial charge in [-0.3, -0.25) is 15.0 Å².